The Morgan fingerprint density at radius 1 is 1.36 bits per heavy atom. The van der Waals surface area contributed by atoms with E-state index in [-0.39, 0.29) is 10.5 Å². The molecule has 4 nitrogen and oxygen atoms in total. The van der Waals surface area contributed by atoms with E-state index in [1.807, 2.05) is 0 Å². The van der Waals surface area contributed by atoms with Gasteiger partial charge in [0.25, 0.3) is 0 Å². The van der Waals surface area contributed by atoms with Gasteiger partial charge >= 0.3 is 0 Å². The maximum atomic E-state index is 11.2. The van der Waals surface area contributed by atoms with Crippen molar-refractivity contribution in [2.45, 2.75) is 11.0 Å². The van der Waals surface area contributed by atoms with Gasteiger partial charge in [0.15, 0.2) is 16.1 Å². The lowest BCUT2D eigenvalue weighted by Crippen LogP contribution is -2.07. The third-order valence-corrected chi connectivity index (χ3v) is 2.94. The highest BCUT2D eigenvalue weighted by atomic mass is 32.2. The van der Waals surface area contributed by atoms with Gasteiger partial charge in [-0.15, -0.1) is 0 Å². The molecule has 0 aliphatic rings. The molecule has 1 unspecified atom stereocenters. The molecule has 0 heterocycles. The Balaban J connectivity index is 3.37. The van der Waals surface area contributed by atoms with Crippen LogP contribution in [0, 0.1) is 0 Å². The zero-order valence-electron chi connectivity index (χ0n) is 7.54. The first kappa shape index (κ1) is 10.9. The van der Waals surface area contributed by atoms with Crippen molar-refractivity contribution in [1.29, 1.82) is 0 Å². The van der Waals surface area contributed by atoms with Gasteiger partial charge in [0.05, 0.1) is 4.90 Å². The topological polar surface area (TPSA) is 71.4 Å². The van der Waals surface area contributed by atoms with Gasteiger partial charge < -0.3 is 9.90 Å². The summed E-state index contributed by atoms with van der Waals surface area (Å²) in [6.07, 6.45) is -0.0613. The number of aliphatic hydroxyl groups is 1. The predicted octanol–water partition coefficient (Wildman–Crippen LogP) is 0.322. The smallest absolute Gasteiger partial charge is 0.175 e. The Morgan fingerprint density at radius 3 is 2.43 bits per heavy atom. The van der Waals surface area contributed by atoms with Gasteiger partial charge in [-0.05, 0) is 6.07 Å². The number of aliphatic hydroxyl groups excluding tert-OH is 1. The number of carbonyl (C=O) groups excluding carboxylic acids is 1. The van der Waals surface area contributed by atoms with Gasteiger partial charge in [-0.2, -0.15) is 0 Å². The van der Waals surface area contributed by atoms with Gasteiger partial charge in [0, 0.05) is 11.8 Å². The van der Waals surface area contributed by atoms with Gasteiger partial charge in [-0.25, -0.2) is 8.42 Å². The van der Waals surface area contributed by atoms with E-state index in [4.69, 9.17) is 0 Å². The van der Waals surface area contributed by atoms with Crippen LogP contribution in [0.15, 0.2) is 29.2 Å². The highest BCUT2D eigenvalue weighted by molar-refractivity contribution is 7.90. The van der Waals surface area contributed by atoms with E-state index >= 15 is 0 Å². The first-order valence-electron chi connectivity index (χ1n) is 3.89. The molecule has 14 heavy (non-hydrogen) atoms. The number of sulfone groups is 1. The number of aldehydes is 1. The van der Waals surface area contributed by atoms with Gasteiger partial charge in [-0.3, -0.25) is 0 Å². The van der Waals surface area contributed by atoms with Crippen LogP contribution in [0.2, 0.25) is 0 Å². The van der Waals surface area contributed by atoms with E-state index in [2.05, 4.69) is 0 Å². The summed E-state index contributed by atoms with van der Waals surface area (Å²) in [4.78, 5) is 10.3. The SMILES string of the molecule is CS(=O)(=O)c1ccccc1C(O)C=O. The summed E-state index contributed by atoms with van der Waals surface area (Å²) in [5.41, 5.74) is 0.116. The molecule has 0 aromatic heterocycles. The number of rotatable bonds is 3. The number of hydrogen-bond acceptors (Lipinski definition) is 4. The Labute approximate surface area is 82.1 Å². The van der Waals surface area contributed by atoms with Gasteiger partial charge in [-0.1, -0.05) is 18.2 Å². The maximum Gasteiger partial charge on any atom is 0.175 e. The zero-order valence-corrected chi connectivity index (χ0v) is 8.36. The number of hydrogen-bond donors (Lipinski definition) is 1. The lowest BCUT2D eigenvalue weighted by molar-refractivity contribution is -0.115. The maximum absolute atomic E-state index is 11.2. The third kappa shape index (κ3) is 2.18. The van der Waals surface area contributed by atoms with Crippen LogP contribution in [-0.2, 0) is 14.6 Å². The van der Waals surface area contributed by atoms with Crippen LogP contribution < -0.4 is 0 Å². The Bertz CT molecular complexity index is 436. The summed E-state index contributed by atoms with van der Waals surface area (Å²) in [6, 6.07) is 5.88. The lowest BCUT2D eigenvalue weighted by atomic mass is 10.1. The molecule has 1 rings (SSSR count). The molecule has 0 radical (unpaired) electrons. The molecule has 1 aromatic carbocycles. The van der Waals surface area contributed by atoms with Crippen LogP contribution in [0.25, 0.3) is 0 Å². The standard InChI is InChI=1S/C9H10O4S/c1-14(12,13)9-5-3-2-4-7(9)8(11)6-10/h2-6,8,11H,1H3. The van der Waals surface area contributed by atoms with Crippen molar-refractivity contribution in [2.24, 2.45) is 0 Å². The fraction of sp³-hybridized carbons (Fsp3) is 0.222. The first-order valence-corrected chi connectivity index (χ1v) is 5.78. The first-order chi connectivity index (χ1) is 6.46. The fourth-order valence-corrected chi connectivity index (χ4v) is 2.08. The van der Waals surface area contributed by atoms with E-state index in [0.29, 0.717) is 6.29 Å². The third-order valence-electron chi connectivity index (χ3n) is 1.77. The summed E-state index contributed by atoms with van der Waals surface area (Å²) in [6.45, 7) is 0. The van der Waals surface area contributed by atoms with Crippen molar-refractivity contribution in [3.05, 3.63) is 29.8 Å². The number of benzene rings is 1. The molecule has 0 aliphatic heterocycles. The second kappa shape index (κ2) is 3.89. The van der Waals surface area contributed by atoms with Crippen LogP contribution in [0.4, 0.5) is 0 Å². The van der Waals surface area contributed by atoms with Gasteiger partial charge in [0.1, 0.15) is 6.10 Å². The van der Waals surface area contributed by atoms with Crippen molar-refractivity contribution in [1.82, 2.24) is 0 Å². The van der Waals surface area contributed by atoms with E-state index in [1.54, 1.807) is 6.07 Å². The van der Waals surface area contributed by atoms with Crippen molar-refractivity contribution >= 4 is 16.1 Å². The molecular weight excluding hydrogens is 204 g/mol. The molecule has 76 valence electrons. The Hall–Kier alpha value is -1.20. The normalized spacial score (nSPS) is 13.6. The summed E-state index contributed by atoms with van der Waals surface area (Å²) >= 11 is 0. The lowest BCUT2D eigenvalue weighted by Gasteiger charge is -2.08. The fourth-order valence-electron chi connectivity index (χ4n) is 1.14. The summed E-state index contributed by atoms with van der Waals surface area (Å²) in [5, 5.41) is 9.24. The van der Waals surface area contributed by atoms with Crippen molar-refractivity contribution in [3.8, 4) is 0 Å². The summed E-state index contributed by atoms with van der Waals surface area (Å²) in [7, 11) is -3.41. The van der Waals surface area contributed by atoms with E-state index < -0.39 is 15.9 Å². The minimum atomic E-state index is -3.41. The molecule has 0 aliphatic carbocycles. The zero-order chi connectivity index (χ0) is 10.8. The molecule has 0 saturated carbocycles. The van der Waals surface area contributed by atoms with Crippen LogP contribution in [0.1, 0.15) is 11.7 Å². The highest BCUT2D eigenvalue weighted by Gasteiger charge is 2.17. The Kier molecular flexibility index (Phi) is 3.03. The van der Waals surface area contributed by atoms with Crippen molar-refractivity contribution in [3.63, 3.8) is 0 Å². The summed E-state index contributed by atoms with van der Waals surface area (Å²) < 4.78 is 22.5. The quantitative estimate of drug-likeness (QED) is 0.736. The molecular formula is C9H10O4S. The van der Waals surface area contributed by atoms with E-state index in [1.165, 1.54) is 18.2 Å². The second-order valence-electron chi connectivity index (χ2n) is 2.89. The van der Waals surface area contributed by atoms with E-state index in [0.717, 1.165) is 6.26 Å². The second-order valence-corrected chi connectivity index (χ2v) is 4.88. The van der Waals surface area contributed by atoms with Crippen LogP contribution in [0.5, 0.6) is 0 Å². The minimum absolute atomic E-state index is 0.0143. The van der Waals surface area contributed by atoms with Crippen LogP contribution >= 0.6 is 0 Å². The molecule has 0 saturated heterocycles. The van der Waals surface area contributed by atoms with Crippen LogP contribution in [0.3, 0.4) is 0 Å². The number of carbonyl (C=O) groups is 1. The molecule has 1 atom stereocenters. The Morgan fingerprint density at radius 2 is 1.93 bits per heavy atom. The van der Waals surface area contributed by atoms with Crippen molar-refractivity contribution < 1.29 is 18.3 Å². The summed E-state index contributed by atoms with van der Waals surface area (Å²) in [5.74, 6) is 0. The average Bonchev–Trinajstić information content (AvgIpc) is 2.15. The molecule has 0 bridgehead atoms. The predicted molar refractivity (Wildman–Crippen MR) is 50.6 cm³/mol. The molecule has 0 amide bonds. The monoisotopic (exact) mass is 214 g/mol. The largest absolute Gasteiger partial charge is 0.381 e. The molecule has 0 spiro atoms. The molecule has 1 aromatic rings. The minimum Gasteiger partial charge on any atom is -0.381 e. The average molecular weight is 214 g/mol. The van der Waals surface area contributed by atoms with Gasteiger partial charge in [0.2, 0.25) is 0 Å². The molecule has 5 heteroatoms. The van der Waals surface area contributed by atoms with E-state index in [9.17, 15) is 18.3 Å². The van der Waals surface area contributed by atoms with Crippen LogP contribution in [-0.4, -0.2) is 26.1 Å². The van der Waals surface area contributed by atoms with Crippen molar-refractivity contribution in [2.75, 3.05) is 6.26 Å². The highest BCUT2D eigenvalue weighted by Crippen LogP contribution is 2.20. The molecule has 0 fully saturated rings. The molecule has 1 N–H and O–H groups in total.